The van der Waals surface area contributed by atoms with E-state index in [1.54, 1.807) is 31.2 Å². The van der Waals surface area contributed by atoms with Crippen LogP contribution in [-0.2, 0) is 16.4 Å². The van der Waals surface area contributed by atoms with Crippen molar-refractivity contribution in [2.75, 3.05) is 4.31 Å². The molecule has 0 N–H and O–H groups in total. The third kappa shape index (κ3) is 2.16. The second-order valence-electron chi connectivity index (χ2n) is 6.49. The molecular weight excluding hydrogens is 270 g/mol. The fraction of sp³-hybridized carbons (Fsp3) is 0.500. The molecule has 20 heavy (non-hydrogen) atoms. The summed E-state index contributed by atoms with van der Waals surface area (Å²) in [5.41, 5.74) is 4.21. The second-order valence-corrected chi connectivity index (χ2v) is 9.05. The molecule has 4 heteroatoms. The van der Waals surface area contributed by atoms with Crippen molar-refractivity contribution < 1.29 is 8.42 Å². The van der Waals surface area contributed by atoms with Crippen molar-refractivity contribution in [2.24, 2.45) is 0 Å². The van der Waals surface area contributed by atoms with E-state index in [1.165, 1.54) is 5.56 Å². The molecule has 0 saturated heterocycles. The molecule has 3 nitrogen and oxygen atoms in total. The summed E-state index contributed by atoms with van der Waals surface area (Å²) < 4.78 is 26.5. The number of fused-ring (bicyclic) bond motifs is 1. The van der Waals surface area contributed by atoms with Gasteiger partial charge in [0, 0.05) is 0 Å². The summed E-state index contributed by atoms with van der Waals surface area (Å²) in [5.74, 6) is 0. The monoisotopic (exact) mass is 293 g/mol. The molecule has 0 bridgehead atoms. The van der Waals surface area contributed by atoms with Crippen molar-refractivity contribution in [2.45, 2.75) is 51.8 Å². The quantitative estimate of drug-likeness (QED) is 0.784. The molecule has 1 aliphatic heterocycles. The van der Waals surface area contributed by atoms with E-state index in [9.17, 15) is 8.42 Å². The summed E-state index contributed by atoms with van der Waals surface area (Å²) >= 11 is 0. The first kappa shape index (κ1) is 15.1. The van der Waals surface area contributed by atoms with E-state index in [0.717, 1.165) is 16.8 Å². The predicted molar refractivity (Wildman–Crippen MR) is 84.8 cm³/mol. The molecule has 0 radical (unpaired) electrons. The number of hydrogen-bond donors (Lipinski definition) is 0. The van der Waals surface area contributed by atoms with Gasteiger partial charge in [-0.3, -0.25) is 4.31 Å². The normalized spacial score (nSPS) is 19.1. The number of nitrogens with zero attached hydrogens (tertiary/aromatic N) is 1. The van der Waals surface area contributed by atoms with Gasteiger partial charge in [-0.15, -0.1) is 6.58 Å². The van der Waals surface area contributed by atoms with Crippen LogP contribution in [0.25, 0.3) is 0 Å². The number of aryl methyl sites for hydroxylation is 2. The van der Waals surface area contributed by atoms with Gasteiger partial charge in [-0.25, -0.2) is 8.42 Å². The van der Waals surface area contributed by atoms with Gasteiger partial charge >= 0.3 is 0 Å². The Balaban J connectivity index is 2.66. The minimum absolute atomic E-state index is 0.185. The van der Waals surface area contributed by atoms with Gasteiger partial charge in [0.05, 0.1) is 16.5 Å². The minimum atomic E-state index is -3.42. The summed E-state index contributed by atoms with van der Waals surface area (Å²) in [6.45, 7) is 13.1. The van der Waals surface area contributed by atoms with Gasteiger partial charge in [-0.05, 0) is 63.8 Å². The smallest absolute Gasteiger partial charge is 0.240 e. The largest absolute Gasteiger partial charge is 0.262 e. The Bertz CT molecular complexity index is 654. The lowest BCUT2D eigenvalue weighted by molar-refractivity contribution is 0.552. The molecule has 110 valence electrons. The third-order valence-corrected chi connectivity index (χ3v) is 6.50. The molecule has 0 unspecified atom stereocenters. The van der Waals surface area contributed by atoms with E-state index in [-0.39, 0.29) is 6.04 Å². The average molecular weight is 293 g/mol. The number of rotatable bonds is 2. The van der Waals surface area contributed by atoms with Gasteiger partial charge < -0.3 is 0 Å². The molecule has 0 spiro atoms. The summed E-state index contributed by atoms with van der Waals surface area (Å²) in [7, 11) is -3.42. The zero-order valence-corrected chi connectivity index (χ0v) is 13.7. The van der Waals surface area contributed by atoms with Crippen LogP contribution in [0.4, 0.5) is 5.69 Å². The number of sulfonamides is 1. The number of anilines is 1. The average Bonchev–Trinajstić information content (AvgIpc) is 2.66. The molecule has 0 fully saturated rings. The number of hydrogen-bond acceptors (Lipinski definition) is 2. The Hall–Kier alpha value is -1.29. The second kappa shape index (κ2) is 4.62. The van der Waals surface area contributed by atoms with E-state index < -0.39 is 14.8 Å². The summed E-state index contributed by atoms with van der Waals surface area (Å²) in [5, 5.41) is 0. The molecule has 1 heterocycles. The van der Waals surface area contributed by atoms with Crippen LogP contribution in [0, 0.1) is 13.8 Å². The molecule has 2 rings (SSSR count). The van der Waals surface area contributed by atoms with Gasteiger partial charge in [0.1, 0.15) is 0 Å². The van der Waals surface area contributed by atoms with Crippen LogP contribution in [0.3, 0.4) is 0 Å². The van der Waals surface area contributed by atoms with E-state index in [1.807, 2.05) is 13.0 Å². The van der Waals surface area contributed by atoms with Gasteiger partial charge in [0.15, 0.2) is 0 Å². The van der Waals surface area contributed by atoms with Crippen LogP contribution < -0.4 is 4.31 Å². The molecule has 1 atom stereocenters. The minimum Gasteiger partial charge on any atom is -0.262 e. The molecular formula is C16H23NO2S. The SMILES string of the molecule is C=C[C@@H]1Cc2cc(C)c(C)cc2N1S(=O)(=O)C(C)(C)C. The lowest BCUT2D eigenvalue weighted by Crippen LogP contribution is -2.46. The maximum absolute atomic E-state index is 12.9. The van der Waals surface area contributed by atoms with E-state index >= 15 is 0 Å². The Labute approximate surface area is 122 Å². The lowest BCUT2D eigenvalue weighted by atomic mass is 10.0. The standard InChI is InChI=1S/C16H23NO2S/c1-7-14-10-13-8-11(2)12(3)9-15(13)17(14)20(18,19)16(4,5)6/h7-9,14H,1,10H2,2-6H3/t14-/m1/s1. The van der Waals surface area contributed by atoms with E-state index in [4.69, 9.17) is 0 Å². The first-order valence-corrected chi connectivity index (χ1v) is 8.30. The van der Waals surface area contributed by atoms with Gasteiger partial charge in [-0.2, -0.15) is 0 Å². The zero-order valence-electron chi connectivity index (χ0n) is 12.9. The summed E-state index contributed by atoms with van der Waals surface area (Å²) in [6, 6.07) is 3.90. The molecule has 1 aromatic carbocycles. The fourth-order valence-corrected chi connectivity index (χ4v) is 4.03. The van der Waals surface area contributed by atoms with Crippen molar-refractivity contribution in [1.82, 2.24) is 0 Å². The van der Waals surface area contributed by atoms with E-state index in [0.29, 0.717) is 6.42 Å². The molecule has 0 amide bonds. The van der Waals surface area contributed by atoms with E-state index in [2.05, 4.69) is 19.6 Å². The highest BCUT2D eigenvalue weighted by Gasteiger charge is 2.42. The molecule has 0 aliphatic carbocycles. The van der Waals surface area contributed by atoms with Gasteiger partial charge in [0.25, 0.3) is 0 Å². The Kier molecular flexibility index (Phi) is 3.49. The maximum Gasteiger partial charge on any atom is 0.240 e. The van der Waals surface area contributed by atoms with Crippen LogP contribution in [-0.4, -0.2) is 19.2 Å². The fourth-order valence-electron chi connectivity index (χ4n) is 2.50. The summed E-state index contributed by atoms with van der Waals surface area (Å²) in [6.07, 6.45) is 2.43. The lowest BCUT2D eigenvalue weighted by Gasteiger charge is -2.32. The maximum atomic E-state index is 12.9. The Morgan fingerprint density at radius 1 is 1.25 bits per heavy atom. The summed E-state index contributed by atoms with van der Waals surface area (Å²) in [4.78, 5) is 0. The highest BCUT2D eigenvalue weighted by Crippen LogP contribution is 2.39. The molecule has 0 aromatic heterocycles. The predicted octanol–water partition coefficient (Wildman–Crippen LogP) is 3.35. The van der Waals surface area contributed by atoms with Crippen LogP contribution in [0.2, 0.25) is 0 Å². The van der Waals surface area contributed by atoms with Crippen LogP contribution in [0.5, 0.6) is 0 Å². The first-order chi connectivity index (χ1) is 9.09. The van der Waals surface area contributed by atoms with Gasteiger partial charge in [-0.1, -0.05) is 12.1 Å². The van der Waals surface area contributed by atoms with Gasteiger partial charge in [0.2, 0.25) is 10.0 Å². The molecule has 1 aromatic rings. The first-order valence-electron chi connectivity index (χ1n) is 6.86. The zero-order chi connectivity index (χ0) is 15.3. The van der Waals surface area contributed by atoms with Crippen LogP contribution in [0.15, 0.2) is 24.8 Å². The van der Waals surface area contributed by atoms with Crippen molar-refractivity contribution in [3.05, 3.63) is 41.5 Å². The highest BCUT2D eigenvalue weighted by molar-refractivity contribution is 7.94. The van der Waals surface area contributed by atoms with Crippen LogP contribution >= 0.6 is 0 Å². The van der Waals surface area contributed by atoms with Crippen molar-refractivity contribution in [1.29, 1.82) is 0 Å². The van der Waals surface area contributed by atoms with Crippen molar-refractivity contribution in [3.8, 4) is 0 Å². The molecule has 1 aliphatic rings. The topological polar surface area (TPSA) is 37.4 Å². The van der Waals surface area contributed by atoms with Crippen molar-refractivity contribution >= 4 is 15.7 Å². The van der Waals surface area contributed by atoms with Crippen LogP contribution in [0.1, 0.15) is 37.5 Å². The third-order valence-electron chi connectivity index (χ3n) is 3.97. The number of benzene rings is 1. The Morgan fingerprint density at radius 3 is 2.30 bits per heavy atom. The van der Waals surface area contributed by atoms with Crippen molar-refractivity contribution in [3.63, 3.8) is 0 Å². The Morgan fingerprint density at radius 2 is 1.80 bits per heavy atom. The molecule has 0 saturated carbocycles. The highest BCUT2D eigenvalue weighted by atomic mass is 32.2.